The van der Waals surface area contributed by atoms with Crippen molar-refractivity contribution in [2.75, 3.05) is 5.32 Å². The smallest absolute Gasteiger partial charge is 0.200 e. The van der Waals surface area contributed by atoms with Crippen molar-refractivity contribution in [2.45, 2.75) is 19.9 Å². The number of halogens is 1. The first-order valence-electron chi connectivity index (χ1n) is 6.71. The molecular formula is C14H15ClN6. The molecule has 0 aliphatic rings. The molecule has 1 atom stereocenters. The van der Waals surface area contributed by atoms with Crippen molar-refractivity contribution in [1.82, 2.24) is 25.3 Å². The van der Waals surface area contributed by atoms with Gasteiger partial charge in [0.1, 0.15) is 5.82 Å². The fourth-order valence-electron chi connectivity index (χ4n) is 2.19. The van der Waals surface area contributed by atoms with Crippen LogP contribution < -0.4 is 5.32 Å². The van der Waals surface area contributed by atoms with Crippen LogP contribution in [-0.2, 0) is 0 Å². The Morgan fingerprint density at radius 1 is 1.10 bits per heavy atom. The van der Waals surface area contributed by atoms with E-state index in [2.05, 4.69) is 39.8 Å². The highest BCUT2D eigenvalue weighted by Gasteiger charge is 2.16. The standard InChI is InChI=1S/C14H15ClN6/c1-9(2)14(10-3-5-11(15)6-4-10)16-12-7-8-13-17-19-20-21(13)18-12/h3-9,14H,1-2H3,(H,16,18)/t14-/m0/s1. The van der Waals surface area contributed by atoms with Gasteiger partial charge in [-0.25, -0.2) is 0 Å². The minimum atomic E-state index is 0.128. The fourth-order valence-corrected chi connectivity index (χ4v) is 2.32. The van der Waals surface area contributed by atoms with Gasteiger partial charge in [-0.15, -0.1) is 14.8 Å². The number of nitrogens with one attached hydrogen (secondary N) is 1. The molecule has 21 heavy (non-hydrogen) atoms. The number of fused-ring (bicyclic) bond motifs is 1. The van der Waals surface area contributed by atoms with Gasteiger partial charge in [0.15, 0.2) is 5.65 Å². The quantitative estimate of drug-likeness (QED) is 0.802. The molecule has 3 aromatic rings. The average molecular weight is 303 g/mol. The number of tetrazole rings is 1. The molecule has 0 bridgehead atoms. The van der Waals surface area contributed by atoms with E-state index in [0.717, 1.165) is 16.4 Å². The zero-order valence-electron chi connectivity index (χ0n) is 11.7. The molecule has 7 heteroatoms. The van der Waals surface area contributed by atoms with E-state index in [9.17, 15) is 0 Å². The molecule has 0 amide bonds. The van der Waals surface area contributed by atoms with Crippen LogP contribution in [0.5, 0.6) is 0 Å². The van der Waals surface area contributed by atoms with Gasteiger partial charge in [-0.1, -0.05) is 37.6 Å². The predicted molar refractivity (Wildman–Crippen MR) is 81.2 cm³/mol. The topological polar surface area (TPSA) is 68.0 Å². The van der Waals surface area contributed by atoms with Crippen LogP contribution in [0.2, 0.25) is 5.02 Å². The summed E-state index contributed by atoms with van der Waals surface area (Å²) in [7, 11) is 0. The van der Waals surface area contributed by atoms with Gasteiger partial charge in [0.25, 0.3) is 0 Å². The van der Waals surface area contributed by atoms with Gasteiger partial charge >= 0.3 is 0 Å². The molecule has 0 aliphatic heterocycles. The summed E-state index contributed by atoms with van der Waals surface area (Å²) in [6.07, 6.45) is 0. The van der Waals surface area contributed by atoms with Crippen LogP contribution in [0.4, 0.5) is 5.82 Å². The lowest BCUT2D eigenvalue weighted by molar-refractivity contribution is 0.542. The van der Waals surface area contributed by atoms with Crippen molar-refractivity contribution in [1.29, 1.82) is 0 Å². The van der Waals surface area contributed by atoms with Gasteiger partial charge in [-0.3, -0.25) is 0 Å². The van der Waals surface area contributed by atoms with Crippen LogP contribution in [0.1, 0.15) is 25.5 Å². The Kier molecular flexibility index (Phi) is 3.70. The number of rotatable bonds is 4. The lowest BCUT2D eigenvalue weighted by Crippen LogP contribution is -2.18. The number of benzene rings is 1. The lowest BCUT2D eigenvalue weighted by Gasteiger charge is -2.23. The van der Waals surface area contributed by atoms with E-state index < -0.39 is 0 Å². The molecule has 0 saturated carbocycles. The molecule has 0 fully saturated rings. The number of hydrogen-bond acceptors (Lipinski definition) is 5. The molecule has 3 rings (SSSR count). The maximum absolute atomic E-state index is 5.95. The summed E-state index contributed by atoms with van der Waals surface area (Å²) in [6.45, 7) is 4.31. The van der Waals surface area contributed by atoms with E-state index in [4.69, 9.17) is 11.6 Å². The molecule has 0 radical (unpaired) electrons. The zero-order valence-corrected chi connectivity index (χ0v) is 12.5. The molecule has 1 aromatic carbocycles. The Morgan fingerprint density at radius 3 is 2.57 bits per heavy atom. The van der Waals surface area contributed by atoms with Crippen LogP contribution in [0.15, 0.2) is 36.4 Å². The molecule has 0 unspecified atom stereocenters. The summed E-state index contributed by atoms with van der Waals surface area (Å²) in [5.74, 6) is 1.11. The minimum Gasteiger partial charge on any atom is -0.362 e. The summed E-state index contributed by atoms with van der Waals surface area (Å²) in [6, 6.07) is 11.7. The van der Waals surface area contributed by atoms with Crippen LogP contribution in [0.3, 0.4) is 0 Å². The zero-order chi connectivity index (χ0) is 14.8. The van der Waals surface area contributed by atoms with E-state index in [-0.39, 0.29) is 6.04 Å². The van der Waals surface area contributed by atoms with Gasteiger partial charge in [0.05, 0.1) is 6.04 Å². The van der Waals surface area contributed by atoms with Crippen molar-refractivity contribution in [3.8, 4) is 0 Å². The first kappa shape index (κ1) is 13.8. The van der Waals surface area contributed by atoms with Crippen molar-refractivity contribution in [3.05, 3.63) is 47.0 Å². The maximum atomic E-state index is 5.95. The van der Waals surface area contributed by atoms with Crippen molar-refractivity contribution < 1.29 is 0 Å². The molecule has 2 aromatic heterocycles. The highest BCUT2D eigenvalue weighted by molar-refractivity contribution is 6.30. The highest BCUT2D eigenvalue weighted by Crippen LogP contribution is 2.26. The van der Waals surface area contributed by atoms with Gasteiger partial charge in [-0.05, 0) is 46.2 Å². The Bertz CT molecular complexity index is 737. The Hall–Kier alpha value is -2.21. The summed E-state index contributed by atoms with van der Waals surface area (Å²) >= 11 is 5.95. The minimum absolute atomic E-state index is 0.128. The second kappa shape index (κ2) is 5.65. The monoisotopic (exact) mass is 302 g/mol. The van der Waals surface area contributed by atoms with Crippen molar-refractivity contribution in [2.24, 2.45) is 5.92 Å². The van der Waals surface area contributed by atoms with Crippen molar-refractivity contribution >= 4 is 23.1 Å². The predicted octanol–water partition coefficient (Wildman–Crippen LogP) is 2.98. The summed E-state index contributed by atoms with van der Waals surface area (Å²) in [5, 5.41) is 19.7. The van der Waals surface area contributed by atoms with Crippen LogP contribution >= 0.6 is 11.6 Å². The summed E-state index contributed by atoms with van der Waals surface area (Å²) in [5.41, 5.74) is 1.78. The normalized spacial score (nSPS) is 12.8. The van der Waals surface area contributed by atoms with Gasteiger partial charge in [-0.2, -0.15) is 0 Å². The number of nitrogens with zero attached hydrogens (tertiary/aromatic N) is 5. The fraction of sp³-hybridized carbons (Fsp3) is 0.286. The Balaban J connectivity index is 1.89. The van der Waals surface area contributed by atoms with Crippen molar-refractivity contribution in [3.63, 3.8) is 0 Å². The summed E-state index contributed by atoms with van der Waals surface area (Å²) < 4.78 is 1.40. The largest absolute Gasteiger partial charge is 0.362 e. The molecule has 0 aliphatic carbocycles. The van der Waals surface area contributed by atoms with Crippen LogP contribution in [-0.4, -0.2) is 25.3 Å². The third-order valence-corrected chi connectivity index (χ3v) is 3.52. The second-order valence-corrected chi connectivity index (χ2v) is 5.60. The van der Waals surface area contributed by atoms with Gasteiger partial charge < -0.3 is 5.32 Å². The van der Waals surface area contributed by atoms with Gasteiger partial charge in [0.2, 0.25) is 0 Å². The molecule has 6 nitrogen and oxygen atoms in total. The van der Waals surface area contributed by atoms with E-state index in [1.54, 1.807) is 0 Å². The lowest BCUT2D eigenvalue weighted by atomic mass is 9.96. The third-order valence-electron chi connectivity index (χ3n) is 3.27. The van der Waals surface area contributed by atoms with E-state index in [1.165, 1.54) is 4.63 Å². The van der Waals surface area contributed by atoms with Crippen LogP contribution in [0.25, 0.3) is 5.65 Å². The molecule has 2 heterocycles. The van der Waals surface area contributed by atoms with Crippen LogP contribution in [0, 0.1) is 5.92 Å². The molecule has 0 saturated heterocycles. The molecular weight excluding hydrogens is 288 g/mol. The summed E-state index contributed by atoms with van der Waals surface area (Å²) in [4.78, 5) is 0. The number of anilines is 1. The third kappa shape index (κ3) is 2.95. The number of hydrogen-bond donors (Lipinski definition) is 1. The second-order valence-electron chi connectivity index (χ2n) is 5.16. The number of aromatic nitrogens is 5. The average Bonchev–Trinajstić information content (AvgIpc) is 2.93. The van der Waals surface area contributed by atoms with Gasteiger partial charge in [0, 0.05) is 5.02 Å². The Labute approximate surface area is 127 Å². The maximum Gasteiger partial charge on any atom is 0.200 e. The first-order chi connectivity index (χ1) is 10.1. The highest BCUT2D eigenvalue weighted by atomic mass is 35.5. The van der Waals surface area contributed by atoms with E-state index in [0.29, 0.717) is 11.6 Å². The first-order valence-corrected chi connectivity index (χ1v) is 7.09. The molecule has 1 N–H and O–H groups in total. The van der Waals surface area contributed by atoms with E-state index >= 15 is 0 Å². The SMILES string of the molecule is CC(C)[C@H](Nc1ccc2nnnn2n1)c1ccc(Cl)cc1. The molecule has 0 spiro atoms. The van der Waals surface area contributed by atoms with E-state index in [1.807, 2.05) is 36.4 Å². The molecule has 108 valence electrons. The Morgan fingerprint density at radius 2 is 1.86 bits per heavy atom.